The van der Waals surface area contributed by atoms with Gasteiger partial charge in [-0.15, -0.1) is 5.10 Å². The number of anilines is 2. The fourth-order valence-electron chi connectivity index (χ4n) is 2.11. The molecular formula is C13H14ClN5O2. The van der Waals surface area contributed by atoms with E-state index in [1.54, 1.807) is 24.3 Å². The van der Waals surface area contributed by atoms with Gasteiger partial charge in [0, 0.05) is 10.7 Å². The molecule has 1 fully saturated rings. The van der Waals surface area contributed by atoms with E-state index in [0.717, 1.165) is 19.4 Å². The first-order chi connectivity index (χ1) is 10.2. The normalized spacial score (nSPS) is 17.7. The van der Waals surface area contributed by atoms with E-state index in [1.807, 2.05) is 0 Å². The molecule has 2 amide bonds. The fraction of sp³-hybridized carbons (Fsp3) is 0.308. The molecule has 3 rings (SSSR count). The van der Waals surface area contributed by atoms with Crippen LogP contribution in [0, 0.1) is 0 Å². The van der Waals surface area contributed by atoms with Gasteiger partial charge in [-0.3, -0.25) is 5.32 Å². The molecule has 1 atom stereocenters. The Hall–Kier alpha value is -2.12. The van der Waals surface area contributed by atoms with Crippen molar-refractivity contribution < 1.29 is 9.21 Å². The maximum absolute atomic E-state index is 11.8. The molecule has 8 heteroatoms. The molecule has 110 valence electrons. The van der Waals surface area contributed by atoms with E-state index in [4.69, 9.17) is 16.0 Å². The summed E-state index contributed by atoms with van der Waals surface area (Å²) in [7, 11) is 0. The van der Waals surface area contributed by atoms with Crippen LogP contribution in [0.2, 0.25) is 5.02 Å². The minimum atomic E-state index is -0.452. The number of nitrogens with one attached hydrogen (secondary N) is 3. The van der Waals surface area contributed by atoms with E-state index < -0.39 is 6.03 Å². The van der Waals surface area contributed by atoms with Crippen molar-refractivity contribution in [2.24, 2.45) is 0 Å². The van der Waals surface area contributed by atoms with Gasteiger partial charge in [-0.1, -0.05) is 16.7 Å². The summed E-state index contributed by atoms with van der Waals surface area (Å²) in [5, 5.41) is 16.7. The average Bonchev–Trinajstić information content (AvgIpc) is 3.12. The number of hydrogen-bond donors (Lipinski definition) is 3. The second-order valence-electron chi connectivity index (χ2n) is 4.68. The van der Waals surface area contributed by atoms with Crippen molar-refractivity contribution in [3.63, 3.8) is 0 Å². The van der Waals surface area contributed by atoms with Crippen LogP contribution < -0.4 is 16.0 Å². The molecule has 1 unspecified atom stereocenters. The molecule has 1 aliphatic rings. The summed E-state index contributed by atoms with van der Waals surface area (Å²) >= 11 is 5.78. The molecule has 2 aromatic rings. The van der Waals surface area contributed by atoms with Gasteiger partial charge in [-0.2, -0.15) is 0 Å². The zero-order valence-electron chi connectivity index (χ0n) is 11.1. The predicted molar refractivity (Wildman–Crippen MR) is 78.4 cm³/mol. The number of hydrogen-bond acceptors (Lipinski definition) is 5. The van der Waals surface area contributed by atoms with Gasteiger partial charge < -0.3 is 15.1 Å². The van der Waals surface area contributed by atoms with Gasteiger partial charge in [0.15, 0.2) is 0 Å². The van der Waals surface area contributed by atoms with Crippen LogP contribution in [-0.4, -0.2) is 22.8 Å². The molecule has 21 heavy (non-hydrogen) atoms. The average molecular weight is 308 g/mol. The second-order valence-corrected chi connectivity index (χ2v) is 5.12. The standard InChI is InChI=1S/C13H14ClN5O2/c14-8-3-5-9(6-4-8)16-12(20)17-13-19-18-11(21-13)10-2-1-7-15-10/h3-6,10,15H,1-2,7H2,(H2,16,17,19,20). The molecule has 0 spiro atoms. The van der Waals surface area contributed by atoms with Crippen LogP contribution >= 0.6 is 11.6 Å². The summed E-state index contributed by atoms with van der Waals surface area (Å²) in [6.45, 7) is 0.937. The summed E-state index contributed by atoms with van der Waals surface area (Å²) < 4.78 is 5.42. The molecule has 7 nitrogen and oxygen atoms in total. The number of halogens is 1. The highest BCUT2D eigenvalue weighted by molar-refractivity contribution is 6.30. The quantitative estimate of drug-likeness (QED) is 0.811. The largest absolute Gasteiger partial charge is 0.406 e. The van der Waals surface area contributed by atoms with Crippen LogP contribution in [-0.2, 0) is 0 Å². The van der Waals surface area contributed by atoms with E-state index in [1.165, 1.54) is 0 Å². The lowest BCUT2D eigenvalue weighted by Crippen LogP contribution is -2.19. The van der Waals surface area contributed by atoms with E-state index in [0.29, 0.717) is 16.6 Å². The number of amides is 2. The van der Waals surface area contributed by atoms with Crippen molar-refractivity contribution in [2.45, 2.75) is 18.9 Å². The number of urea groups is 1. The Morgan fingerprint density at radius 3 is 2.81 bits per heavy atom. The van der Waals surface area contributed by atoms with Gasteiger partial charge in [-0.05, 0) is 43.7 Å². The monoisotopic (exact) mass is 307 g/mol. The van der Waals surface area contributed by atoms with Crippen LogP contribution in [0.1, 0.15) is 24.8 Å². The number of rotatable bonds is 3. The van der Waals surface area contributed by atoms with Crippen molar-refractivity contribution in [3.05, 3.63) is 35.2 Å². The molecule has 1 aromatic heterocycles. The third kappa shape index (κ3) is 3.50. The number of carbonyl (C=O) groups is 1. The maximum Gasteiger partial charge on any atom is 0.327 e. The summed E-state index contributed by atoms with van der Waals surface area (Å²) in [6.07, 6.45) is 2.03. The van der Waals surface area contributed by atoms with Gasteiger partial charge in [0.1, 0.15) is 0 Å². The molecule has 1 saturated heterocycles. The van der Waals surface area contributed by atoms with E-state index in [2.05, 4.69) is 26.1 Å². The van der Waals surface area contributed by atoms with Crippen molar-refractivity contribution in [1.29, 1.82) is 0 Å². The van der Waals surface area contributed by atoms with Crippen molar-refractivity contribution in [1.82, 2.24) is 15.5 Å². The minimum absolute atomic E-state index is 0.0742. The Bertz CT molecular complexity index is 622. The van der Waals surface area contributed by atoms with Gasteiger partial charge in [0.25, 0.3) is 0 Å². The molecule has 0 radical (unpaired) electrons. The number of benzene rings is 1. The first-order valence-electron chi connectivity index (χ1n) is 6.61. The van der Waals surface area contributed by atoms with Gasteiger partial charge in [-0.25, -0.2) is 4.79 Å². The van der Waals surface area contributed by atoms with Crippen LogP contribution in [0.5, 0.6) is 0 Å². The second kappa shape index (κ2) is 6.11. The predicted octanol–water partition coefficient (Wildman–Crippen LogP) is 2.79. The third-order valence-corrected chi connectivity index (χ3v) is 3.37. The summed E-state index contributed by atoms with van der Waals surface area (Å²) in [5.74, 6) is 0.495. The SMILES string of the molecule is O=C(Nc1ccc(Cl)cc1)Nc1nnc(C2CCCN2)o1. The zero-order chi connectivity index (χ0) is 14.7. The minimum Gasteiger partial charge on any atom is -0.406 e. The van der Waals surface area contributed by atoms with Crippen LogP contribution in [0.25, 0.3) is 0 Å². The van der Waals surface area contributed by atoms with Crippen LogP contribution in [0.15, 0.2) is 28.7 Å². The Labute approximate surface area is 126 Å². The Kier molecular flexibility index (Phi) is 4.03. The maximum atomic E-state index is 11.8. The molecule has 2 heterocycles. The Balaban J connectivity index is 1.58. The van der Waals surface area contributed by atoms with Crippen LogP contribution in [0.4, 0.5) is 16.5 Å². The van der Waals surface area contributed by atoms with E-state index >= 15 is 0 Å². The lowest BCUT2D eigenvalue weighted by molar-refractivity contribution is 0.261. The summed E-state index contributed by atoms with van der Waals surface area (Å²) in [6, 6.07) is 6.47. The number of carbonyl (C=O) groups excluding carboxylic acids is 1. The smallest absolute Gasteiger partial charge is 0.327 e. The van der Waals surface area contributed by atoms with Crippen molar-refractivity contribution in [3.8, 4) is 0 Å². The molecule has 0 bridgehead atoms. The topological polar surface area (TPSA) is 92.1 Å². The highest BCUT2D eigenvalue weighted by atomic mass is 35.5. The highest BCUT2D eigenvalue weighted by Crippen LogP contribution is 2.22. The Morgan fingerprint density at radius 1 is 1.29 bits per heavy atom. The lowest BCUT2D eigenvalue weighted by atomic mass is 10.2. The van der Waals surface area contributed by atoms with Crippen molar-refractivity contribution in [2.75, 3.05) is 17.2 Å². The Morgan fingerprint density at radius 2 is 2.10 bits per heavy atom. The van der Waals surface area contributed by atoms with Gasteiger partial charge in [0.2, 0.25) is 5.89 Å². The van der Waals surface area contributed by atoms with E-state index in [-0.39, 0.29) is 12.1 Å². The molecule has 0 saturated carbocycles. The van der Waals surface area contributed by atoms with Crippen LogP contribution in [0.3, 0.4) is 0 Å². The molecule has 1 aromatic carbocycles. The molecular weight excluding hydrogens is 294 g/mol. The first kappa shape index (κ1) is 13.8. The zero-order valence-corrected chi connectivity index (χ0v) is 11.9. The van der Waals surface area contributed by atoms with Gasteiger partial charge in [0.05, 0.1) is 6.04 Å². The molecule has 0 aliphatic carbocycles. The van der Waals surface area contributed by atoms with Crippen molar-refractivity contribution >= 4 is 29.3 Å². The number of aromatic nitrogens is 2. The third-order valence-electron chi connectivity index (χ3n) is 3.12. The lowest BCUT2D eigenvalue weighted by Gasteiger charge is -2.05. The fourth-order valence-corrected chi connectivity index (χ4v) is 2.24. The summed E-state index contributed by atoms with van der Waals surface area (Å²) in [4.78, 5) is 11.8. The van der Waals surface area contributed by atoms with E-state index in [9.17, 15) is 4.79 Å². The molecule has 1 aliphatic heterocycles. The number of nitrogens with zero attached hydrogens (tertiary/aromatic N) is 2. The summed E-state index contributed by atoms with van der Waals surface area (Å²) in [5.41, 5.74) is 0.620. The molecule has 3 N–H and O–H groups in total. The highest BCUT2D eigenvalue weighted by Gasteiger charge is 2.22. The van der Waals surface area contributed by atoms with Gasteiger partial charge >= 0.3 is 12.0 Å². The first-order valence-corrected chi connectivity index (χ1v) is 6.99.